The molecule has 0 unspecified atom stereocenters. The molecule has 2 aromatic rings. The Kier molecular flexibility index (Phi) is 17.8. The van der Waals surface area contributed by atoms with Gasteiger partial charge < -0.3 is 27.0 Å². The quantitative estimate of drug-likeness (QED) is 0.540. The summed E-state index contributed by atoms with van der Waals surface area (Å²) in [6, 6.07) is 13.7. The van der Waals surface area contributed by atoms with Crippen molar-refractivity contribution in [3.8, 4) is 5.75 Å². The van der Waals surface area contributed by atoms with E-state index in [9.17, 15) is 9.59 Å². The minimum absolute atomic E-state index is 0. The van der Waals surface area contributed by atoms with Crippen molar-refractivity contribution < 1.29 is 21.2 Å². The van der Waals surface area contributed by atoms with Crippen LogP contribution in [0.25, 0.3) is 0 Å². The van der Waals surface area contributed by atoms with Gasteiger partial charge in [0, 0.05) is 32.6 Å². The summed E-state index contributed by atoms with van der Waals surface area (Å²) in [5.41, 5.74) is 14.0. The van der Waals surface area contributed by atoms with Crippen molar-refractivity contribution in [1.29, 1.82) is 0 Å². The molecule has 1 saturated carbocycles. The maximum absolute atomic E-state index is 10.8. The molecule has 2 aromatic carbocycles. The lowest BCUT2D eigenvalue weighted by atomic mass is 9.87. The molecular weight excluding hydrogens is 442 g/mol. The average Bonchev–Trinajstić information content (AvgIpc) is 3.60. The first-order valence-electron chi connectivity index (χ1n) is 12.2. The Labute approximate surface area is 213 Å². The van der Waals surface area contributed by atoms with E-state index in [1.165, 1.54) is 43.0 Å². The van der Waals surface area contributed by atoms with E-state index in [1.807, 2.05) is 32.0 Å². The third kappa shape index (κ3) is 16.2. The third-order valence-electron chi connectivity index (χ3n) is 4.46. The number of fused-ring (bicyclic) bond motifs is 1. The molecule has 2 aliphatic rings. The van der Waals surface area contributed by atoms with E-state index in [-0.39, 0.29) is 24.1 Å². The van der Waals surface area contributed by atoms with E-state index in [4.69, 9.17) is 10.5 Å². The van der Waals surface area contributed by atoms with Crippen LogP contribution in [-0.4, -0.2) is 30.4 Å². The molecule has 0 atom stereocenters. The standard InChI is InChI=1S/C11H15NO.C10H13NO.C3H6.C2H5NO.C2H6.H2O.H2/c1-11(2,3)9-6-4-8(5-7-9)10(12)13;1-2-11-9-3-4-10-8(7-9)5-6-12-10;1-2-3-1;1-2(3)4;1-2;;/h4-7H,1-3H3,(H2,12,13);3-4,7,11H,2,5-6H2,1H3;1-3H2;1H3,(H2,3,4);1-2H3;1H2;1H. The minimum Gasteiger partial charge on any atom is -0.493 e. The van der Waals surface area contributed by atoms with Crippen molar-refractivity contribution >= 4 is 17.5 Å². The minimum atomic E-state index is -0.375. The molecule has 7 N–H and O–H groups in total. The molecule has 2 amide bonds. The fraction of sp³-hybridized carbons (Fsp3) is 0.500. The number of nitrogens with two attached hydrogens (primary N) is 2. The molecular formula is C28H49N3O4. The Morgan fingerprint density at radius 2 is 1.51 bits per heavy atom. The number of nitrogens with one attached hydrogen (secondary N) is 1. The SMILES string of the molecule is C1CC1.CC.CC(C)(C)c1ccc(C(N)=O)cc1.CC(N)=O.CCNc1ccc2c(c1)CCO2.O.[HH]. The maximum Gasteiger partial charge on any atom is 0.248 e. The maximum atomic E-state index is 10.8. The molecule has 0 radical (unpaired) electrons. The van der Waals surface area contributed by atoms with Crippen molar-refractivity contribution in [3.05, 3.63) is 59.2 Å². The molecule has 4 rings (SSSR count). The number of carbonyl (C=O) groups excluding carboxylic acids is 2. The fourth-order valence-corrected chi connectivity index (χ4v) is 2.64. The number of ether oxygens (including phenoxy) is 1. The highest BCUT2D eigenvalue weighted by molar-refractivity contribution is 5.92. The second kappa shape index (κ2) is 18.3. The second-order valence-electron chi connectivity index (χ2n) is 8.81. The molecule has 0 aromatic heterocycles. The number of amides is 2. The van der Waals surface area contributed by atoms with Gasteiger partial charge in [0.1, 0.15) is 5.75 Å². The number of carbonyl (C=O) groups is 2. The Morgan fingerprint density at radius 3 is 1.91 bits per heavy atom. The van der Waals surface area contributed by atoms with E-state index >= 15 is 0 Å². The van der Waals surface area contributed by atoms with Crippen LogP contribution in [0.2, 0.25) is 0 Å². The molecule has 7 heteroatoms. The Morgan fingerprint density at radius 1 is 1.00 bits per heavy atom. The van der Waals surface area contributed by atoms with Crippen molar-refractivity contribution in [1.82, 2.24) is 0 Å². The average molecular weight is 492 g/mol. The Hall–Kier alpha value is -3.06. The van der Waals surface area contributed by atoms with Gasteiger partial charge in [-0.3, -0.25) is 9.59 Å². The Bertz CT molecular complexity index is 857. The molecule has 0 spiro atoms. The van der Waals surface area contributed by atoms with E-state index in [0.29, 0.717) is 5.56 Å². The predicted molar refractivity (Wildman–Crippen MR) is 149 cm³/mol. The third-order valence-corrected chi connectivity index (χ3v) is 4.46. The zero-order valence-corrected chi connectivity index (χ0v) is 22.7. The molecule has 1 fully saturated rings. The van der Waals surface area contributed by atoms with Crippen LogP contribution < -0.4 is 21.5 Å². The van der Waals surface area contributed by atoms with E-state index < -0.39 is 0 Å². The molecule has 35 heavy (non-hydrogen) atoms. The molecule has 0 saturated heterocycles. The van der Waals surface area contributed by atoms with Crippen LogP contribution in [0.4, 0.5) is 5.69 Å². The zero-order chi connectivity index (χ0) is 26.1. The van der Waals surface area contributed by atoms with Crippen LogP contribution >= 0.6 is 0 Å². The van der Waals surface area contributed by atoms with Gasteiger partial charge >= 0.3 is 0 Å². The monoisotopic (exact) mass is 491 g/mol. The lowest BCUT2D eigenvalue weighted by Gasteiger charge is -2.18. The summed E-state index contributed by atoms with van der Waals surface area (Å²) < 4.78 is 5.40. The number of primary amides is 2. The summed E-state index contributed by atoms with van der Waals surface area (Å²) in [6.45, 7) is 15.6. The first kappa shape index (κ1) is 34.1. The zero-order valence-electron chi connectivity index (χ0n) is 22.7. The summed E-state index contributed by atoms with van der Waals surface area (Å²) in [5, 5.41) is 3.28. The van der Waals surface area contributed by atoms with Gasteiger partial charge in [0.25, 0.3) is 0 Å². The topological polar surface area (TPSA) is 139 Å². The van der Waals surface area contributed by atoms with Gasteiger partial charge in [-0.2, -0.15) is 0 Å². The van der Waals surface area contributed by atoms with Gasteiger partial charge in [-0.25, -0.2) is 0 Å². The van der Waals surface area contributed by atoms with Crippen LogP contribution in [0.3, 0.4) is 0 Å². The van der Waals surface area contributed by atoms with Crippen LogP contribution in [0.5, 0.6) is 5.75 Å². The number of benzene rings is 2. The van der Waals surface area contributed by atoms with Crippen LogP contribution in [-0.2, 0) is 16.6 Å². The largest absolute Gasteiger partial charge is 0.493 e. The number of anilines is 1. The second-order valence-corrected chi connectivity index (χ2v) is 8.81. The van der Waals surface area contributed by atoms with Crippen molar-refractivity contribution in [2.24, 2.45) is 11.5 Å². The van der Waals surface area contributed by atoms with E-state index in [1.54, 1.807) is 12.1 Å². The van der Waals surface area contributed by atoms with E-state index in [0.717, 1.165) is 25.3 Å². The van der Waals surface area contributed by atoms with E-state index in [2.05, 4.69) is 50.9 Å². The van der Waals surface area contributed by atoms with Crippen LogP contribution in [0.1, 0.15) is 90.6 Å². The first-order valence-corrected chi connectivity index (χ1v) is 12.2. The number of hydrogen-bond acceptors (Lipinski definition) is 4. The van der Waals surface area contributed by atoms with Crippen molar-refractivity contribution in [3.63, 3.8) is 0 Å². The highest BCUT2D eigenvalue weighted by atomic mass is 16.5. The lowest BCUT2D eigenvalue weighted by molar-refractivity contribution is -0.115. The summed E-state index contributed by atoms with van der Waals surface area (Å²) in [7, 11) is 0. The highest BCUT2D eigenvalue weighted by Crippen LogP contribution is 2.27. The molecule has 1 aliphatic carbocycles. The molecule has 0 bridgehead atoms. The molecule has 1 aliphatic heterocycles. The molecule has 1 heterocycles. The van der Waals surface area contributed by atoms with Crippen LogP contribution in [0.15, 0.2) is 42.5 Å². The fourth-order valence-electron chi connectivity index (χ4n) is 2.64. The Balaban J connectivity index is -0.000000436. The summed E-state index contributed by atoms with van der Waals surface area (Å²) in [4.78, 5) is 20.0. The molecule has 200 valence electrons. The van der Waals surface area contributed by atoms with Gasteiger partial charge in [0.2, 0.25) is 11.8 Å². The highest BCUT2D eigenvalue weighted by Gasteiger charge is 2.13. The summed E-state index contributed by atoms with van der Waals surface area (Å²) in [6.07, 6.45) is 5.55. The van der Waals surface area contributed by atoms with Crippen molar-refractivity contribution in [2.45, 2.75) is 79.6 Å². The van der Waals surface area contributed by atoms with Crippen molar-refractivity contribution in [2.75, 3.05) is 18.5 Å². The van der Waals surface area contributed by atoms with Gasteiger partial charge in [-0.1, -0.05) is 66.0 Å². The normalized spacial score (nSPS) is 11.9. The lowest BCUT2D eigenvalue weighted by Crippen LogP contribution is -2.13. The number of hydrogen-bond donors (Lipinski definition) is 3. The van der Waals surface area contributed by atoms with Crippen LogP contribution in [0, 0.1) is 0 Å². The number of rotatable bonds is 3. The predicted octanol–water partition coefficient (Wildman–Crippen LogP) is 5.25. The van der Waals surface area contributed by atoms with Gasteiger partial charge in [0.05, 0.1) is 6.61 Å². The summed E-state index contributed by atoms with van der Waals surface area (Å²) >= 11 is 0. The molecule has 7 nitrogen and oxygen atoms in total. The van der Waals surface area contributed by atoms with Gasteiger partial charge in [0.15, 0.2) is 0 Å². The van der Waals surface area contributed by atoms with Gasteiger partial charge in [-0.05, 0) is 53.8 Å². The van der Waals surface area contributed by atoms with Gasteiger partial charge in [-0.15, -0.1) is 0 Å². The first-order chi connectivity index (χ1) is 16.0. The summed E-state index contributed by atoms with van der Waals surface area (Å²) in [5.74, 6) is 0.345. The smallest absolute Gasteiger partial charge is 0.248 e.